The van der Waals surface area contributed by atoms with E-state index in [4.69, 9.17) is 9.84 Å². The quantitative estimate of drug-likeness (QED) is 0.661. The van der Waals surface area contributed by atoms with Gasteiger partial charge in [-0.15, -0.1) is 0 Å². The zero-order valence-corrected chi connectivity index (χ0v) is 11.7. The molecule has 0 aliphatic carbocycles. The molecule has 0 spiro atoms. The maximum absolute atomic E-state index is 11.4. The molecule has 0 unspecified atom stereocenters. The lowest BCUT2D eigenvalue weighted by Gasteiger charge is -2.13. The average Bonchev–Trinajstić information content (AvgIpc) is 2.40. The highest BCUT2D eigenvalue weighted by molar-refractivity contribution is 5.82. The Kier molecular flexibility index (Phi) is 6.36. The Labute approximate surface area is 118 Å². The van der Waals surface area contributed by atoms with Crippen LogP contribution >= 0.6 is 0 Å². The Morgan fingerprint density at radius 2 is 2.15 bits per heavy atom. The SMILES string of the molecule is CC[C@H](NC(=O)NCCOc1cccc(C)c1)C(=O)O. The zero-order chi connectivity index (χ0) is 15.0. The standard InChI is InChI=1S/C14H20N2O4/c1-3-12(13(17)18)16-14(19)15-7-8-20-11-6-4-5-10(2)9-11/h4-6,9,12H,3,7-8H2,1-2H3,(H,17,18)(H2,15,16,19)/t12-/m0/s1. The number of amides is 2. The van der Waals surface area contributed by atoms with Gasteiger partial charge in [0.1, 0.15) is 18.4 Å². The molecular formula is C14H20N2O4. The summed E-state index contributed by atoms with van der Waals surface area (Å²) in [6, 6.07) is 6.22. The predicted octanol–water partition coefficient (Wildman–Crippen LogP) is 1.54. The first-order valence-electron chi connectivity index (χ1n) is 6.49. The second-order valence-corrected chi connectivity index (χ2v) is 4.36. The Morgan fingerprint density at radius 3 is 2.75 bits per heavy atom. The van der Waals surface area contributed by atoms with Crippen molar-refractivity contribution in [1.29, 1.82) is 0 Å². The van der Waals surface area contributed by atoms with E-state index in [1.54, 1.807) is 6.92 Å². The summed E-state index contributed by atoms with van der Waals surface area (Å²) in [5, 5.41) is 13.7. The number of carbonyl (C=O) groups excluding carboxylic acids is 1. The maximum Gasteiger partial charge on any atom is 0.326 e. The maximum atomic E-state index is 11.4. The average molecular weight is 280 g/mol. The summed E-state index contributed by atoms with van der Waals surface area (Å²) in [4.78, 5) is 22.2. The summed E-state index contributed by atoms with van der Waals surface area (Å²) >= 11 is 0. The van der Waals surface area contributed by atoms with Crippen molar-refractivity contribution in [2.24, 2.45) is 0 Å². The van der Waals surface area contributed by atoms with Gasteiger partial charge in [0.05, 0.1) is 6.54 Å². The van der Waals surface area contributed by atoms with E-state index in [0.29, 0.717) is 19.6 Å². The van der Waals surface area contributed by atoms with Gasteiger partial charge in [-0.05, 0) is 31.0 Å². The van der Waals surface area contributed by atoms with E-state index in [2.05, 4.69) is 10.6 Å². The van der Waals surface area contributed by atoms with Crippen molar-refractivity contribution in [2.45, 2.75) is 26.3 Å². The molecule has 3 N–H and O–H groups in total. The first-order chi connectivity index (χ1) is 9.52. The van der Waals surface area contributed by atoms with Crippen molar-refractivity contribution in [3.8, 4) is 5.75 Å². The topological polar surface area (TPSA) is 87.7 Å². The van der Waals surface area contributed by atoms with Gasteiger partial charge in [0.25, 0.3) is 0 Å². The molecule has 0 fully saturated rings. The molecule has 0 saturated carbocycles. The summed E-state index contributed by atoms with van der Waals surface area (Å²) in [6.07, 6.45) is 0.336. The molecular weight excluding hydrogens is 260 g/mol. The molecule has 0 aromatic heterocycles. The van der Waals surface area contributed by atoms with Gasteiger partial charge in [0.15, 0.2) is 0 Å². The Bertz CT molecular complexity index is 462. The van der Waals surface area contributed by atoms with Crippen molar-refractivity contribution in [1.82, 2.24) is 10.6 Å². The van der Waals surface area contributed by atoms with E-state index >= 15 is 0 Å². The van der Waals surface area contributed by atoms with Crippen molar-refractivity contribution in [2.75, 3.05) is 13.2 Å². The lowest BCUT2D eigenvalue weighted by Crippen LogP contribution is -2.46. The minimum Gasteiger partial charge on any atom is -0.492 e. The van der Waals surface area contributed by atoms with Gasteiger partial charge in [-0.2, -0.15) is 0 Å². The minimum atomic E-state index is -1.04. The molecule has 0 aliphatic rings. The number of carboxylic acid groups (broad SMARTS) is 1. The molecule has 1 aromatic carbocycles. The molecule has 6 nitrogen and oxygen atoms in total. The van der Waals surface area contributed by atoms with Gasteiger partial charge in [-0.3, -0.25) is 0 Å². The minimum absolute atomic E-state index is 0.301. The fraction of sp³-hybridized carbons (Fsp3) is 0.429. The van der Waals surface area contributed by atoms with Crippen LogP contribution in [0.1, 0.15) is 18.9 Å². The first kappa shape index (κ1) is 15.8. The van der Waals surface area contributed by atoms with Gasteiger partial charge in [-0.25, -0.2) is 9.59 Å². The van der Waals surface area contributed by atoms with Crippen molar-refractivity contribution in [3.05, 3.63) is 29.8 Å². The van der Waals surface area contributed by atoms with Gasteiger partial charge in [0.2, 0.25) is 0 Å². The summed E-state index contributed by atoms with van der Waals surface area (Å²) in [5.41, 5.74) is 1.10. The second-order valence-electron chi connectivity index (χ2n) is 4.36. The van der Waals surface area contributed by atoms with Gasteiger partial charge in [0, 0.05) is 0 Å². The predicted molar refractivity (Wildman–Crippen MR) is 74.9 cm³/mol. The van der Waals surface area contributed by atoms with Crippen molar-refractivity contribution < 1.29 is 19.4 Å². The van der Waals surface area contributed by atoms with Crippen LogP contribution in [0.3, 0.4) is 0 Å². The lowest BCUT2D eigenvalue weighted by molar-refractivity contribution is -0.139. The lowest BCUT2D eigenvalue weighted by atomic mass is 10.2. The molecule has 0 bridgehead atoms. The Morgan fingerprint density at radius 1 is 1.40 bits per heavy atom. The molecule has 0 radical (unpaired) electrons. The van der Waals surface area contributed by atoms with Crippen molar-refractivity contribution in [3.63, 3.8) is 0 Å². The van der Waals surface area contributed by atoms with Crippen LogP contribution in [-0.2, 0) is 4.79 Å². The molecule has 6 heteroatoms. The summed E-state index contributed by atoms with van der Waals surface area (Å²) < 4.78 is 5.46. The number of aryl methyl sites for hydroxylation is 1. The number of carbonyl (C=O) groups is 2. The number of ether oxygens (including phenoxy) is 1. The van der Waals surface area contributed by atoms with E-state index in [1.165, 1.54) is 0 Å². The van der Waals surface area contributed by atoms with E-state index in [1.807, 2.05) is 31.2 Å². The largest absolute Gasteiger partial charge is 0.492 e. The third-order valence-corrected chi connectivity index (χ3v) is 2.66. The number of hydrogen-bond acceptors (Lipinski definition) is 3. The van der Waals surface area contributed by atoms with Crippen LogP contribution in [0.4, 0.5) is 4.79 Å². The van der Waals surface area contributed by atoms with Crippen LogP contribution in [0.5, 0.6) is 5.75 Å². The summed E-state index contributed by atoms with van der Waals surface area (Å²) in [7, 11) is 0. The fourth-order valence-electron chi connectivity index (χ4n) is 1.59. The van der Waals surface area contributed by atoms with Gasteiger partial charge < -0.3 is 20.5 Å². The summed E-state index contributed by atoms with van der Waals surface area (Å²) in [6.45, 7) is 4.28. The highest BCUT2D eigenvalue weighted by atomic mass is 16.5. The molecule has 110 valence electrons. The van der Waals surface area contributed by atoms with Gasteiger partial charge in [-0.1, -0.05) is 19.1 Å². The van der Waals surface area contributed by atoms with Crippen molar-refractivity contribution >= 4 is 12.0 Å². The number of rotatable bonds is 7. The third kappa shape index (κ3) is 5.60. The number of urea groups is 1. The van der Waals surface area contributed by atoms with E-state index < -0.39 is 18.0 Å². The van der Waals surface area contributed by atoms with Crippen LogP contribution in [0.15, 0.2) is 24.3 Å². The molecule has 2 amide bonds. The molecule has 0 saturated heterocycles. The normalized spacial score (nSPS) is 11.5. The zero-order valence-electron chi connectivity index (χ0n) is 11.7. The van der Waals surface area contributed by atoms with Crippen LogP contribution in [-0.4, -0.2) is 36.3 Å². The fourth-order valence-corrected chi connectivity index (χ4v) is 1.59. The number of aliphatic carboxylic acids is 1. The Balaban J connectivity index is 2.24. The first-order valence-corrected chi connectivity index (χ1v) is 6.49. The van der Waals surface area contributed by atoms with E-state index in [-0.39, 0.29) is 0 Å². The second kappa shape index (κ2) is 8.04. The molecule has 20 heavy (non-hydrogen) atoms. The van der Waals surface area contributed by atoms with Crippen LogP contribution in [0.2, 0.25) is 0 Å². The molecule has 0 heterocycles. The molecule has 1 aromatic rings. The third-order valence-electron chi connectivity index (χ3n) is 2.66. The number of benzene rings is 1. The van der Waals surface area contributed by atoms with Gasteiger partial charge >= 0.3 is 12.0 Å². The number of nitrogens with one attached hydrogen (secondary N) is 2. The Hall–Kier alpha value is -2.24. The molecule has 0 aliphatic heterocycles. The summed E-state index contributed by atoms with van der Waals surface area (Å²) in [5.74, 6) is -0.303. The monoisotopic (exact) mass is 280 g/mol. The van der Waals surface area contributed by atoms with Crippen LogP contribution in [0.25, 0.3) is 0 Å². The van der Waals surface area contributed by atoms with Crippen LogP contribution < -0.4 is 15.4 Å². The number of carboxylic acids is 1. The highest BCUT2D eigenvalue weighted by Crippen LogP contribution is 2.11. The van der Waals surface area contributed by atoms with Crippen LogP contribution in [0, 0.1) is 6.92 Å². The number of hydrogen-bond donors (Lipinski definition) is 3. The van der Waals surface area contributed by atoms with E-state index in [9.17, 15) is 9.59 Å². The molecule has 1 rings (SSSR count). The van der Waals surface area contributed by atoms with E-state index in [0.717, 1.165) is 11.3 Å². The smallest absolute Gasteiger partial charge is 0.326 e. The molecule has 1 atom stereocenters. The highest BCUT2D eigenvalue weighted by Gasteiger charge is 2.16.